The first-order valence-corrected chi connectivity index (χ1v) is 7.17. The number of halogens is 2. The summed E-state index contributed by atoms with van der Waals surface area (Å²) in [5.74, 6) is 1.29. The van der Waals surface area contributed by atoms with Gasteiger partial charge in [-0.1, -0.05) is 28.3 Å². The molecule has 22 heavy (non-hydrogen) atoms. The van der Waals surface area contributed by atoms with Gasteiger partial charge in [0, 0.05) is 20.5 Å². The fourth-order valence-electron chi connectivity index (χ4n) is 1.86. The number of nitrogens with zero attached hydrogens (tertiary/aromatic N) is 3. The lowest BCUT2D eigenvalue weighted by Crippen LogP contribution is -2.02. The lowest BCUT2D eigenvalue weighted by atomic mass is 10.2. The van der Waals surface area contributed by atoms with Crippen molar-refractivity contribution in [1.29, 1.82) is 0 Å². The quantitative estimate of drug-likeness (QED) is 0.395. The van der Waals surface area contributed by atoms with Crippen molar-refractivity contribution in [2.24, 2.45) is 5.11 Å². The topological polar surface area (TPSA) is 67.2 Å². The molecule has 0 fully saturated rings. The molecule has 0 saturated carbocycles. The smallest absolute Gasteiger partial charge is 0.167 e. The van der Waals surface area contributed by atoms with E-state index in [1.807, 2.05) is 19.1 Å². The third kappa shape index (κ3) is 4.46. The average molecular weight is 338 g/mol. The second-order valence-corrected chi connectivity index (χ2v) is 5.33. The van der Waals surface area contributed by atoms with Gasteiger partial charge in [0.1, 0.15) is 18.1 Å². The highest BCUT2D eigenvalue weighted by Crippen LogP contribution is 2.27. The molecule has 0 aliphatic carbocycles. The number of hydrogen-bond donors (Lipinski definition) is 0. The number of rotatable bonds is 6. The molecule has 0 radical (unpaired) electrons. The SMILES string of the molecule is Cc1cc(Cl)ccc1OCc1cc(Cl)ccc1OCN=[N+]=[N-]. The third-order valence-electron chi connectivity index (χ3n) is 2.88. The summed E-state index contributed by atoms with van der Waals surface area (Å²) in [7, 11) is 0. The first-order chi connectivity index (χ1) is 10.6. The van der Waals surface area contributed by atoms with E-state index >= 15 is 0 Å². The summed E-state index contributed by atoms with van der Waals surface area (Å²) in [5.41, 5.74) is 9.98. The van der Waals surface area contributed by atoms with Gasteiger partial charge < -0.3 is 9.47 Å². The molecule has 2 rings (SSSR count). The second kappa shape index (κ2) is 7.80. The lowest BCUT2D eigenvalue weighted by Gasteiger charge is -2.13. The standard InChI is InChI=1S/C15H13Cl2N3O2/c1-10-6-12(16)2-4-14(10)21-8-11-7-13(17)3-5-15(11)22-9-19-20-18/h2-7H,8-9H2,1H3. The molecule has 0 unspecified atom stereocenters. The van der Waals surface area contributed by atoms with E-state index in [1.54, 1.807) is 24.3 Å². The molecule has 5 nitrogen and oxygen atoms in total. The normalized spacial score (nSPS) is 9.95. The van der Waals surface area contributed by atoms with Crippen molar-refractivity contribution in [3.63, 3.8) is 0 Å². The van der Waals surface area contributed by atoms with Gasteiger partial charge in [-0.3, -0.25) is 0 Å². The number of ether oxygens (including phenoxy) is 2. The minimum Gasteiger partial charge on any atom is -0.488 e. The van der Waals surface area contributed by atoms with E-state index in [0.29, 0.717) is 15.8 Å². The third-order valence-corrected chi connectivity index (χ3v) is 3.35. The van der Waals surface area contributed by atoms with Gasteiger partial charge >= 0.3 is 0 Å². The largest absolute Gasteiger partial charge is 0.488 e. The minimum absolute atomic E-state index is 0.0922. The zero-order chi connectivity index (χ0) is 15.9. The maximum absolute atomic E-state index is 8.28. The Morgan fingerprint density at radius 2 is 1.73 bits per heavy atom. The fourth-order valence-corrected chi connectivity index (χ4v) is 2.28. The van der Waals surface area contributed by atoms with Gasteiger partial charge in [0.05, 0.1) is 0 Å². The van der Waals surface area contributed by atoms with E-state index in [0.717, 1.165) is 16.9 Å². The molecule has 0 aromatic heterocycles. The van der Waals surface area contributed by atoms with Crippen LogP contribution in [0.15, 0.2) is 41.5 Å². The molecule has 2 aromatic rings. The molecular formula is C15H13Cl2N3O2. The molecule has 114 valence electrons. The van der Waals surface area contributed by atoms with Crippen LogP contribution in [0.1, 0.15) is 11.1 Å². The van der Waals surface area contributed by atoms with E-state index in [9.17, 15) is 0 Å². The monoisotopic (exact) mass is 337 g/mol. The summed E-state index contributed by atoms with van der Waals surface area (Å²) >= 11 is 11.9. The van der Waals surface area contributed by atoms with Crippen molar-refractivity contribution >= 4 is 23.2 Å². The van der Waals surface area contributed by atoms with Gasteiger partial charge in [-0.15, -0.1) is 0 Å². The highest BCUT2D eigenvalue weighted by molar-refractivity contribution is 6.31. The molecule has 2 aromatic carbocycles. The summed E-state index contributed by atoms with van der Waals surface area (Å²) in [5, 5.41) is 4.57. The minimum atomic E-state index is -0.0922. The Labute approximate surface area is 138 Å². The summed E-state index contributed by atoms with van der Waals surface area (Å²) in [6.07, 6.45) is 0. The van der Waals surface area contributed by atoms with Gasteiger partial charge in [0.2, 0.25) is 0 Å². The van der Waals surface area contributed by atoms with E-state index in [2.05, 4.69) is 10.0 Å². The molecule has 0 spiro atoms. The fraction of sp³-hybridized carbons (Fsp3) is 0.200. The van der Waals surface area contributed by atoms with Crippen LogP contribution in [0.2, 0.25) is 10.0 Å². The van der Waals surface area contributed by atoms with Gasteiger partial charge in [0.15, 0.2) is 6.73 Å². The molecule has 0 bridgehead atoms. The van der Waals surface area contributed by atoms with Crippen molar-refractivity contribution < 1.29 is 9.47 Å². The van der Waals surface area contributed by atoms with Crippen molar-refractivity contribution in [3.05, 3.63) is 68.0 Å². The molecule has 0 atom stereocenters. The molecule has 0 N–H and O–H groups in total. The van der Waals surface area contributed by atoms with Crippen molar-refractivity contribution in [2.75, 3.05) is 6.73 Å². The first kappa shape index (κ1) is 16.3. The molecular weight excluding hydrogens is 325 g/mol. The Kier molecular flexibility index (Phi) is 5.78. The van der Waals surface area contributed by atoms with Crippen LogP contribution in [0.4, 0.5) is 0 Å². The van der Waals surface area contributed by atoms with E-state index in [1.165, 1.54) is 0 Å². The summed E-state index contributed by atoms with van der Waals surface area (Å²) in [6, 6.07) is 10.6. The van der Waals surface area contributed by atoms with Crippen molar-refractivity contribution in [2.45, 2.75) is 13.5 Å². The molecule has 7 heteroatoms. The Balaban J connectivity index is 2.13. The van der Waals surface area contributed by atoms with Gasteiger partial charge in [-0.25, -0.2) is 0 Å². The van der Waals surface area contributed by atoms with Crippen LogP contribution in [-0.4, -0.2) is 6.73 Å². The maximum atomic E-state index is 8.28. The highest BCUT2D eigenvalue weighted by atomic mass is 35.5. The Morgan fingerprint density at radius 1 is 1.05 bits per heavy atom. The van der Waals surface area contributed by atoms with Gasteiger partial charge in [-0.2, -0.15) is 0 Å². The summed E-state index contributed by atoms with van der Waals surface area (Å²) in [6.45, 7) is 2.10. The Morgan fingerprint density at radius 3 is 2.41 bits per heavy atom. The van der Waals surface area contributed by atoms with E-state index in [4.69, 9.17) is 38.2 Å². The zero-order valence-corrected chi connectivity index (χ0v) is 13.3. The van der Waals surface area contributed by atoms with Crippen LogP contribution in [0.3, 0.4) is 0 Å². The van der Waals surface area contributed by atoms with Crippen LogP contribution in [0.25, 0.3) is 10.4 Å². The zero-order valence-electron chi connectivity index (χ0n) is 11.8. The van der Waals surface area contributed by atoms with E-state index < -0.39 is 0 Å². The van der Waals surface area contributed by atoms with Crippen LogP contribution < -0.4 is 9.47 Å². The number of azide groups is 1. The first-order valence-electron chi connectivity index (χ1n) is 6.41. The molecule has 0 amide bonds. The average Bonchev–Trinajstić information content (AvgIpc) is 2.48. The second-order valence-electron chi connectivity index (χ2n) is 4.45. The van der Waals surface area contributed by atoms with E-state index in [-0.39, 0.29) is 13.3 Å². The number of benzene rings is 2. The Bertz CT molecular complexity index is 716. The van der Waals surface area contributed by atoms with Crippen molar-refractivity contribution in [3.8, 4) is 11.5 Å². The predicted molar refractivity (Wildman–Crippen MR) is 86.6 cm³/mol. The van der Waals surface area contributed by atoms with Crippen LogP contribution in [0, 0.1) is 6.92 Å². The van der Waals surface area contributed by atoms with Crippen molar-refractivity contribution in [1.82, 2.24) is 0 Å². The van der Waals surface area contributed by atoms with Crippen LogP contribution in [-0.2, 0) is 6.61 Å². The summed E-state index contributed by atoms with van der Waals surface area (Å²) in [4.78, 5) is 2.64. The molecule has 0 aliphatic heterocycles. The molecule has 0 heterocycles. The Hall–Kier alpha value is -2.07. The molecule has 0 saturated heterocycles. The van der Waals surface area contributed by atoms with Crippen LogP contribution >= 0.6 is 23.2 Å². The summed E-state index contributed by atoms with van der Waals surface area (Å²) < 4.78 is 11.2. The highest BCUT2D eigenvalue weighted by Gasteiger charge is 2.07. The predicted octanol–water partition coefficient (Wildman–Crippen LogP) is 5.53. The van der Waals surface area contributed by atoms with Gasteiger partial charge in [0.25, 0.3) is 0 Å². The number of hydrogen-bond acceptors (Lipinski definition) is 3. The molecule has 0 aliphatic rings. The lowest BCUT2D eigenvalue weighted by molar-refractivity contribution is 0.282. The maximum Gasteiger partial charge on any atom is 0.167 e. The van der Waals surface area contributed by atoms with Crippen LogP contribution in [0.5, 0.6) is 11.5 Å². The number of aryl methyl sites for hydroxylation is 1. The van der Waals surface area contributed by atoms with Gasteiger partial charge in [-0.05, 0) is 54.4 Å².